The zero-order valence-corrected chi connectivity index (χ0v) is 18.2. The minimum absolute atomic E-state index is 0. The third-order valence-corrected chi connectivity index (χ3v) is 6.09. The van der Waals surface area contributed by atoms with E-state index in [1.807, 2.05) is 13.8 Å². The van der Waals surface area contributed by atoms with Crippen molar-refractivity contribution in [2.45, 2.75) is 34.1 Å². The van der Waals surface area contributed by atoms with Crippen molar-refractivity contribution in [3.8, 4) is 11.1 Å². The average Bonchev–Trinajstić information content (AvgIpc) is 2.98. The zero-order chi connectivity index (χ0) is 21.6. The van der Waals surface area contributed by atoms with Crippen molar-refractivity contribution < 1.29 is 0 Å². The van der Waals surface area contributed by atoms with Gasteiger partial charge in [-0.2, -0.15) is 0 Å². The molecule has 0 saturated heterocycles. The molecule has 1 atom stereocenters. The molecule has 0 amide bonds. The highest BCUT2D eigenvalue weighted by atomic mass is 14.3. The molecule has 1 aliphatic rings. The lowest BCUT2D eigenvalue weighted by atomic mass is 9.89. The minimum Gasteiger partial charge on any atom is -0.0955 e. The van der Waals surface area contributed by atoms with Crippen LogP contribution in [-0.2, 0) is 0 Å². The molecule has 0 aromatic heterocycles. The molecule has 0 N–H and O–H groups in total. The fourth-order valence-corrected chi connectivity index (χ4v) is 4.40. The first-order valence-electron chi connectivity index (χ1n) is 10.3. The molecule has 0 fully saturated rings. The largest absolute Gasteiger partial charge is 0.0955 e. The summed E-state index contributed by atoms with van der Waals surface area (Å²) >= 11 is 0. The predicted molar refractivity (Wildman–Crippen MR) is 140 cm³/mol. The molecular formula is C31H32. The lowest BCUT2D eigenvalue weighted by Gasteiger charge is -2.14. The Morgan fingerprint density at radius 2 is 1.23 bits per heavy atom. The Morgan fingerprint density at radius 1 is 0.677 bits per heavy atom. The molecule has 0 spiro atoms. The van der Waals surface area contributed by atoms with Crippen LogP contribution in [-0.4, -0.2) is 0 Å². The highest BCUT2D eigenvalue weighted by Crippen LogP contribution is 2.50. The first-order valence-corrected chi connectivity index (χ1v) is 10.3. The van der Waals surface area contributed by atoms with Gasteiger partial charge in [0.25, 0.3) is 0 Å². The molecule has 156 valence electrons. The summed E-state index contributed by atoms with van der Waals surface area (Å²) < 4.78 is 0. The molecule has 0 heteroatoms. The zero-order valence-electron chi connectivity index (χ0n) is 18.2. The quantitative estimate of drug-likeness (QED) is 0.406. The van der Waals surface area contributed by atoms with E-state index in [2.05, 4.69) is 93.9 Å². The predicted octanol–water partition coefficient (Wildman–Crippen LogP) is 9.19. The lowest BCUT2D eigenvalue weighted by molar-refractivity contribution is 1.16. The number of fused-ring (bicyclic) bond motifs is 1. The molecule has 0 nitrogen and oxygen atoms in total. The maximum atomic E-state index is 4.46. The Hall–Kier alpha value is -3.38. The summed E-state index contributed by atoms with van der Waals surface area (Å²) in [6, 6.07) is 21.9. The molecule has 3 aromatic rings. The summed E-state index contributed by atoms with van der Waals surface area (Å²) in [6.45, 7) is 23.4. The molecule has 1 unspecified atom stereocenters. The fraction of sp³-hybridized carbons (Fsp3) is 0.161. The monoisotopic (exact) mass is 404 g/mol. The second-order valence-electron chi connectivity index (χ2n) is 8.48. The van der Waals surface area contributed by atoms with E-state index in [0.29, 0.717) is 0 Å². The maximum absolute atomic E-state index is 4.46. The van der Waals surface area contributed by atoms with E-state index < -0.39 is 0 Å². The van der Waals surface area contributed by atoms with Crippen LogP contribution in [0.4, 0.5) is 0 Å². The van der Waals surface area contributed by atoms with E-state index in [0.717, 1.165) is 33.4 Å². The molecule has 1 aliphatic carbocycles. The van der Waals surface area contributed by atoms with Crippen molar-refractivity contribution in [2.24, 2.45) is 0 Å². The van der Waals surface area contributed by atoms with Gasteiger partial charge < -0.3 is 0 Å². The van der Waals surface area contributed by atoms with Crippen LogP contribution in [0.25, 0.3) is 33.4 Å². The van der Waals surface area contributed by atoms with Gasteiger partial charge in [0.15, 0.2) is 0 Å². The summed E-state index contributed by atoms with van der Waals surface area (Å²) in [6.07, 6.45) is 0. The third kappa shape index (κ3) is 3.86. The summed E-state index contributed by atoms with van der Waals surface area (Å²) in [5, 5.41) is 0. The van der Waals surface area contributed by atoms with Crippen LogP contribution in [0.5, 0.6) is 0 Å². The average molecular weight is 405 g/mol. The molecular weight excluding hydrogens is 372 g/mol. The Morgan fingerprint density at radius 3 is 1.84 bits per heavy atom. The van der Waals surface area contributed by atoms with Gasteiger partial charge in [-0.3, -0.25) is 0 Å². The van der Waals surface area contributed by atoms with Crippen LogP contribution in [0.15, 0.2) is 87.0 Å². The highest BCUT2D eigenvalue weighted by molar-refractivity contribution is 5.98. The van der Waals surface area contributed by atoms with Crippen LogP contribution in [0.2, 0.25) is 0 Å². The van der Waals surface area contributed by atoms with Crippen molar-refractivity contribution >= 4 is 22.3 Å². The van der Waals surface area contributed by atoms with Gasteiger partial charge in [0.1, 0.15) is 0 Å². The summed E-state index contributed by atoms with van der Waals surface area (Å²) in [7, 11) is 0. The summed E-state index contributed by atoms with van der Waals surface area (Å²) in [4.78, 5) is 0. The van der Waals surface area contributed by atoms with E-state index in [1.165, 1.54) is 33.4 Å². The van der Waals surface area contributed by atoms with Gasteiger partial charge in [-0.1, -0.05) is 99.0 Å². The minimum atomic E-state index is 0. The molecule has 3 aromatic carbocycles. The second kappa shape index (κ2) is 8.40. The van der Waals surface area contributed by atoms with Crippen molar-refractivity contribution in [3.63, 3.8) is 0 Å². The Balaban J connectivity index is 0.00000272. The van der Waals surface area contributed by atoms with Gasteiger partial charge in [-0.25, -0.2) is 0 Å². The number of allylic oxidation sites excluding steroid dienone is 4. The van der Waals surface area contributed by atoms with Gasteiger partial charge in [-0.15, -0.1) is 0 Å². The van der Waals surface area contributed by atoms with Crippen molar-refractivity contribution in [1.29, 1.82) is 0 Å². The van der Waals surface area contributed by atoms with E-state index in [-0.39, 0.29) is 13.3 Å². The van der Waals surface area contributed by atoms with Crippen molar-refractivity contribution in [2.75, 3.05) is 0 Å². The van der Waals surface area contributed by atoms with Crippen molar-refractivity contribution in [1.82, 2.24) is 0 Å². The molecule has 4 rings (SSSR count). The molecule has 0 heterocycles. The van der Waals surface area contributed by atoms with Crippen LogP contribution in [0.3, 0.4) is 0 Å². The Labute approximate surface area is 188 Å². The lowest BCUT2D eigenvalue weighted by Crippen LogP contribution is -1.95. The molecule has 0 bridgehead atoms. The first-order chi connectivity index (χ1) is 14.3. The van der Waals surface area contributed by atoms with Crippen LogP contribution < -0.4 is 0 Å². The topological polar surface area (TPSA) is 0 Å². The molecule has 0 saturated carbocycles. The Bertz CT molecular complexity index is 1220. The standard InChI is InChI=1S/C30H28.CH4/c1-18(2)26-14-12-24(16-28(26)19(3)4)25-13-15-27-21(6)30(22(7)29(27)17-25)23-10-8-20(5)9-11-23;/h8-17,30H,1,3,6-7H2,2,4-5H3;1H4. The number of hydrogen-bond donors (Lipinski definition) is 0. The molecule has 31 heavy (non-hydrogen) atoms. The number of rotatable bonds is 4. The maximum Gasteiger partial charge on any atom is 0.0340 e. The number of hydrogen-bond acceptors (Lipinski definition) is 0. The van der Waals surface area contributed by atoms with Gasteiger partial charge in [-0.05, 0) is 83.0 Å². The number of benzene rings is 3. The van der Waals surface area contributed by atoms with E-state index in [1.54, 1.807) is 0 Å². The highest BCUT2D eigenvalue weighted by Gasteiger charge is 2.30. The summed E-state index contributed by atoms with van der Waals surface area (Å²) in [5.41, 5.74) is 13.9. The van der Waals surface area contributed by atoms with E-state index in [4.69, 9.17) is 0 Å². The fourth-order valence-electron chi connectivity index (χ4n) is 4.40. The Kier molecular flexibility index (Phi) is 6.04. The van der Waals surface area contributed by atoms with Crippen LogP contribution in [0.1, 0.15) is 60.6 Å². The van der Waals surface area contributed by atoms with Gasteiger partial charge in [0.2, 0.25) is 0 Å². The summed E-state index contributed by atoms with van der Waals surface area (Å²) in [5.74, 6) is 0.146. The van der Waals surface area contributed by atoms with Crippen LogP contribution >= 0.6 is 0 Å². The molecule has 0 aliphatic heterocycles. The normalized spacial score (nSPS) is 14.7. The van der Waals surface area contributed by atoms with Gasteiger partial charge in [0.05, 0.1) is 0 Å². The first kappa shape index (κ1) is 22.3. The van der Waals surface area contributed by atoms with Crippen molar-refractivity contribution in [3.05, 3.63) is 120 Å². The van der Waals surface area contributed by atoms with E-state index in [9.17, 15) is 0 Å². The van der Waals surface area contributed by atoms with Gasteiger partial charge in [0, 0.05) is 5.92 Å². The third-order valence-electron chi connectivity index (χ3n) is 6.09. The molecule has 0 radical (unpaired) electrons. The van der Waals surface area contributed by atoms with Crippen LogP contribution in [0, 0.1) is 6.92 Å². The van der Waals surface area contributed by atoms with E-state index >= 15 is 0 Å². The van der Waals surface area contributed by atoms with Gasteiger partial charge >= 0.3 is 0 Å². The SMILES string of the molecule is C.C=C(C)c1ccc(-c2ccc3c(c2)C(=C)C(c2ccc(C)cc2)C3=C)cc1C(=C)C. The smallest absolute Gasteiger partial charge is 0.0340 e. The second-order valence-corrected chi connectivity index (χ2v) is 8.48. The number of aryl methyl sites for hydroxylation is 1.